The number of hydrogen-bond donors (Lipinski definition) is 1. The van der Waals surface area contributed by atoms with Gasteiger partial charge in [-0.15, -0.1) is 0 Å². The van der Waals surface area contributed by atoms with Crippen molar-refractivity contribution < 1.29 is 17.9 Å². The second kappa shape index (κ2) is 8.13. The summed E-state index contributed by atoms with van der Waals surface area (Å²) < 4.78 is 49.5. The van der Waals surface area contributed by atoms with Crippen molar-refractivity contribution in [1.82, 2.24) is 9.55 Å². The van der Waals surface area contributed by atoms with E-state index in [0.29, 0.717) is 31.5 Å². The molecule has 1 N–H and O–H groups in total. The van der Waals surface area contributed by atoms with E-state index in [9.17, 15) is 22.8 Å². The van der Waals surface area contributed by atoms with Crippen LogP contribution in [-0.4, -0.2) is 29.2 Å². The first kappa shape index (κ1) is 21.0. The molecule has 1 aromatic heterocycles. The number of aryl methyl sites for hydroxylation is 2. The Labute approximate surface area is 175 Å². The third-order valence-electron chi connectivity index (χ3n) is 5.73. The van der Waals surface area contributed by atoms with Gasteiger partial charge in [-0.2, -0.15) is 0 Å². The van der Waals surface area contributed by atoms with Crippen LogP contribution in [0.5, 0.6) is 5.75 Å². The molecule has 0 amide bonds. The fraction of sp³-hybridized carbons (Fsp3) is 0.364. The second-order valence-electron chi connectivity index (χ2n) is 7.91. The average Bonchev–Trinajstić information content (AvgIpc) is 2.71. The highest BCUT2D eigenvalue weighted by molar-refractivity contribution is 5.81. The summed E-state index contributed by atoms with van der Waals surface area (Å²) in [5.74, 6) is -1.40. The maximum atomic E-state index is 14.2. The molecule has 1 saturated heterocycles. The van der Waals surface area contributed by atoms with Gasteiger partial charge in [-0.25, -0.2) is 13.2 Å². The zero-order valence-corrected chi connectivity index (χ0v) is 17.2. The van der Waals surface area contributed by atoms with E-state index in [1.54, 1.807) is 11.8 Å². The van der Waals surface area contributed by atoms with Crippen LogP contribution in [-0.2, 0) is 7.05 Å². The number of nitrogens with one attached hydrogen (secondary N) is 1. The smallest absolute Gasteiger partial charge is 0.316 e. The zero-order chi connectivity index (χ0) is 22.3. The molecule has 0 atom stereocenters. The largest absolute Gasteiger partial charge is 0.491 e. The number of nitrogens with zero attached hydrogens (tertiary/aromatic N) is 2. The number of hydrogen-bond acceptors (Lipinski definition) is 4. The number of piperidine rings is 1. The normalized spacial score (nSPS) is 14.9. The lowest BCUT2D eigenvalue weighted by Gasteiger charge is -2.34. The van der Waals surface area contributed by atoms with Crippen LogP contribution in [0.15, 0.2) is 33.9 Å². The number of anilines is 1. The quantitative estimate of drug-likeness (QED) is 0.642. The van der Waals surface area contributed by atoms with Crippen LogP contribution in [0.25, 0.3) is 11.0 Å². The van der Waals surface area contributed by atoms with E-state index in [1.807, 2.05) is 0 Å². The van der Waals surface area contributed by atoms with Crippen LogP contribution < -0.4 is 20.8 Å². The van der Waals surface area contributed by atoms with Crippen molar-refractivity contribution in [3.8, 4) is 5.75 Å². The van der Waals surface area contributed by atoms with Gasteiger partial charge in [0.1, 0.15) is 39.9 Å². The van der Waals surface area contributed by atoms with Gasteiger partial charge in [0.05, 0.1) is 6.61 Å². The summed E-state index contributed by atoms with van der Waals surface area (Å²) in [6, 6.07) is 5.23. The third kappa shape index (κ3) is 3.92. The molecule has 4 rings (SSSR count). The minimum atomic E-state index is -0.860. The molecule has 0 spiro atoms. The van der Waals surface area contributed by atoms with Gasteiger partial charge < -0.3 is 19.2 Å². The van der Waals surface area contributed by atoms with Gasteiger partial charge in [0, 0.05) is 20.1 Å². The number of ether oxygens (including phenoxy) is 1. The first-order valence-corrected chi connectivity index (χ1v) is 10.0. The first-order valence-electron chi connectivity index (χ1n) is 10.0. The lowest BCUT2D eigenvalue weighted by molar-refractivity contribution is 0.224. The van der Waals surface area contributed by atoms with Gasteiger partial charge in [0.25, 0.3) is 0 Å². The van der Waals surface area contributed by atoms with Gasteiger partial charge in [0.15, 0.2) is 0 Å². The lowest BCUT2D eigenvalue weighted by Crippen LogP contribution is -2.37. The monoisotopic (exact) mass is 433 g/mol. The molecular formula is C22H22F3N3O3. The molecular weight excluding hydrogens is 411 g/mol. The Morgan fingerprint density at radius 2 is 1.71 bits per heavy atom. The number of benzene rings is 2. The summed E-state index contributed by atoms with van der Waals surface area (Å²) in [4.78, 5) is 27.7. The van der Waals surface area contributed by atoms with Crippen molar-refractivity contribution >= 4 is 16.7 Å². The van der Waals surface area contributed by atoms with E-state index in [-0.39, 0.29) is 35.0 Å². The Hall–Kier alpha value is -3.23. The Morgan fingerprint density at radius 3 is 2.35 bits per heavy atom. The number of halogens is 3. The van der Waals surface area contributed by atoms with Gasteiger partial charge >= 0.3 is 11.1 Å². The number of fused-ring (bicyclic) bond motifs is 1. The summed E-state index contributed by atoms with van der Waals surface area (Å²) in [6.07, 6.45) is 1.31. The number of aromatic amines is 1. The third-order valence-corrected chi connectivity index (χ3v) is 5.73. The van der Waals surface area contributed by atoms with Gasteiger partial charge in [-0.1, -0.05) is 0 Å². The van der Waals surface area contributed by atoms with Crippen molar-refractivity contribution in [2.75, 3.05) is 24.6 Å². The fourth-order valence-electron chi connectivity index (χ4n) is 4.06. The SMILES string of the molecule is Cc1cc(F)c(N2CCC(COc3ccc(F)c4c3[nH]c(=O)c(=O)n4C)CC2)c(F)c1. The Kier molecular flexibility index (Phi) is 5.51. The Bertz CT molecular complexity index is 1240. The van der Waals surface area contributed by atoms with Crippen LogP contribution >= 0.6 is 0 Å². The molecule has 9 heteroatoms. The fourth-order valence-corrected chi connectivity index (χ4v) is 4.06. The van der Waals surface area contributed by atoms with Crippen molar-refractivity contribution in [1.29, 1.82) is 0 Å². The summed E-state index contributed by atoms with van der Waals surface area (Å²) in [6.45, 7) is 2.88. The Morgan fingerprint density at radius 1 is 1.06 bits per heavy atom. The number of rotatable bonds is 4. The van der Waals surface area contributed by atoms with Gasteiger partial charge in [-0.3, -0.25) is 9.59 Å². The molecule has 1 aliphatic heterocycles. The standard InChI is InChI=1S/C22H22F3N3O3/c1-12-9-15(24)19(16(25)10-12)28-7-5-13(6-8-28)11-31-17-4-3-14(23)20-18(17)26-21(29)22(30)27(20)2/h3-4,9-10,13H,5-8,11H2,1-2H3,(H,26,29). The highest BCUT2D eigenvalue weighted by atomic mass is 19.1. The van der Waals surface area contributed by atoms with E-state index in [4.69, 9.17) is 4.74 Å². The molecule has 6 nitrogen and oxygen atoms in total. The minimum absolute atomic E-state index is 0.00649. The molecule has 2 heterocycles. The predicted molar refractivity (Wildman–Crippen MR) is 111 cm³/mol. The lowest BCUT2D eigenvalue weighted by atomic mass is 9.97. The molecule has 3 aromatic rings. The highest BCUT2D eigenvalue weighted by Crippen LogP contribution is 2.30. The van der Waals surface area contributed by atoms with Crippen LogP contribution in [0, 0.1) is 30.3 Å². The van der Waals surface area contributed by atoms with Crippen LogP contribution in [0.4, 0.5) is 18.9 Å². The summed E-state index contributed by atoms with van der Waals surface area (Å²) in [7, 11) is 1.33. The van der Waals surface area contributed by atoms with Gasteiger partial charge in [-0.05, 0) is 55.5 Å². The molecule has 0 bridgehead atoms. The van der Waals surface area contributed by atoms with Crippen molar-refractivity contribution in [3.63, 3.8) is 0 Å². The van der Waals surface area contributed by atoms with Crippen LogP contribution in [0.1, 0.15) is 18.4 Å². The molecule has 1 fully saturated rings. The summed E-state index contributed by atoms with van der Waals surface area (Å²) in [5.41, 5.74) is -1.11. The Balaban J connectivity index is 1.47. The summed E-state index contributed by atoms with van der Waals surface area (Å²) >= 11 is 0. The van der Waals surface area contributed by atoms with Crippen molar-refractivity contribution in [3.05, 3.63) is 68.0 Å². The summed E-state index contributed by atoms with van der Waals surface area (Å²) in [5, 5.41) is 0. The van der Waals surface area contributed by atoms with Gasteiger partial charge in [0.2, 0.25) is 0 Å². The predicted octanol–water partition coefficient (Wildman–Crippen LogP) is 3.25. The molecule has 2 aromatic carbocycles. The van der Waals surface area contributed by atoms with Crippen LogP contribution in [0.2, 0.25) is 0 Å². The van der Waals surface area contributed by atoms with E-state index in [1.165, 1.54) is 31.3 Å². The number of aromatic nitrogens is 2. The molecule has 164 valence electrons. The topological polar surface area (TPSA) is 67.3 Å². The van der Waals surface area contributed by atoms with E-state index < -0.39 is 28.6 Å². The molecule has 0 radical (unpaired) electrons. The highest BCUT2D eigenvalue weighted by Gasteiger charge is 2.25. The minimum Gasteiger partial charge on any atom is -0.491 e. The molecule has 0 aliphatic carbocycles. The maximum absolute atomic E-state index is 14.2. The van der Waals surface area contributed by atoms with Crippen LogP contribution in [0.3, 0.4) is 0 Å². The first-order chi connectivity index (χ1) is 14.8. The average molecular weight is 433 g/mol. The van der Waals surface area contributed by atoms with E-state index in [0.717, 1.165) is 4.57 Å². The van der Waals surface area contributed by atoms with Crippen molar-refractivity contribution in [2.24, 2.45) is 13.0 Å². The molecule has 0 unspecified atom stereocenters. The number of H-pyrrole nitrogens is 1. The van der Waals surface area contributed by atoms with E-state index >= 15 is 0 Å². The van der Waals surface area contributed by atoms with Crippen molar-refractivity contribution in [2.45, 2.75) is 19.8 Å². The molecule has 0 saturated carbocycles. The van der Waals surface area contributed by atoms with E-state index in [2.05, 4.69) is 4.98 Å². The zero-order valence-electron chi connectivity index (χ0n) is 17.2. The maximum Gasteiger partial charge on any atom is 0.316 e. The molecule has 1 aliphatic rings. The molecule has 31 heavy (non-hydrogen) atoms. The second-order valence-corrected chi connectivity index (χ2v) is 7.91.